The number of fused-ring (bicyclic) bond motifs is 3. The van der Waals surface area contributed by atoms with Crippen LogP contribution in [0.2, 0.25) is 0 Å². The highest BCUT2D eigenvalue weighted by atomic mass is 32.2. The smallest absolute Gasteiger partial charge is 0.259 e. The molecule has 3 aliphatic heterocycles. The number of para-hydroxylation sites is 2. The first-order valence-corrected chi connectivity index (χ1v) is 14.1. The van der Waals surface area contributed by atoms with Gasteiger partial charge in [-0.05, 0) is 31.2 Å². The van der Waals surface area contributed by atoms with Gasteiger partial charge >= 0.3 is 0 Å². The highest BCUT2D eigenvalue weighted by Gasteiger charge is 2.42. The number of piperazine rings is 1. The maximum atomic E-state index is 13.6. The maximum absolute atomic E-state index is 13.6. The van der Waals surface area contributed by atoms with Crippen molar-refractivity contribution < 1.29 is 14.4 Å². The molecule has 1 saturated heterocycles. The lowest BCUT2D eigenvalue weighted by Crippen LogP contribution is -2.49. The Balaban J connectivity index is 1.13. The van der Waals surface area contributed by atoms with Crippen molar-refractivity contribution in [1.29, 1.82) is 0 Å². The number of thioether (sulfide) groups is 1. The Labute approximate surface area is 235 Å². The molecular weight excluding hydrogens is 528 g/mol. The van der Waals surface area contributed by atoms with Gasteiger partial charge in [-0.15, -0.1) is 0 Å². The molecule has 12 heteroatoms. The summed E-state index contributed by atoms with van der Waals surface area (Å²) in [5, 5.41) is 9.90. The van der Waals surface area contributed by atoms with Gasteiger partial charge in [0.15, 0.2) is 11.0 Å². The lowest BCUT2D eigenvalue weighted by atomic mass is 10.1. The summed E-state index contributed by atoms with van der Waals surface area (Å²) in [6.07, 6.45) is -0.0106. The first-order chi connectivity index (χ1) is 19.5. The second kappa shape index (κ2) is 11.0. The van der Waals surface area contributed by atoms with Crippen LogP contribution in [0.3, 0.4) is 0 Å². The van der Waals surface area contributed by atoms with Gasteiger partial charge in [-0.3, -0.25) is 24.5 Å². The standard InChI is InChI=1S/C28H28N8O3S/c1-18-15-23(33-32-18)31-24(37)17-40-28-30-21-10-6-5-9-20(21)26-29-22(27(39)36(26)28)16-25(38)35-13-11-34(12-14-35)19-7-3-2-4-8-19/h2-10,15,22H,11-14,16-17H2,1H3,(H2,31,32,33,37). The molecule has 1 fully saturated rings. The zero-order chi connectivity index (χ0) is 27.6. The molecule has 0 saturated carbocycles. The summed E-state index contributed by atoms with van der Waals surface area (Å²) in [5.41, 5.74) is 3.36. The van der Waals surface area contributed by atoms with Crippen LogP contribution in [-0.4, -0.2) is 86.7 Å². The topological polar surface area (TPSA) is 126 Å². The van der Waals surface area contributed by atoms with Crippen molar-refractivity contribution in [3.05, 3.63) is 71.9 Å². The largest absolute Gasteiger partial charge is 0.368 e. The average Bonchev–Trinajstić information content (AvgIpc) is 3.54. The van der Waals surface area contributed by atoms with E-state index in [-0.39, 0.29) is 29.9 Å². The van der Waals surface area contributed by atoms with Crippen LogP contribution in [-0.2, 0) is 14.4 Å². The highest BCUT2D eigenvalue weighted by molar-refractivity contribution is 8.14. The fraction of sp³-hybridized carbons (Fsp3) is 0.286. The summed E-state index contributed by atoms with van der Waals surface area (Å²) in [5.74, 6) is 0.248. The molecule has 1 unspecified atom stereocenters. The molecule has 1 aromatic heterocycles. The van der Waals surface area contributed by atoms with Crippen LogP contribution in [0.1, 0.15) is 17.7 Å². The normalized spacial score (nSPS) is 18.2. The second-order valence-corrected chi connectivity index (χ2v) is 10.7. The molecule has 0 aliphatic carbocycles. The number of carbonyl (C=O) groups excluding carboxylic acids is 3. The third kappa shape index (κ3) is 5.22. The van der Waals surface area contributed by atoms with Crippen LogP contribution >= 0.6 is 11.8 Å². The van der Waals surface area contributed by atoms with Gasteiger partial charge in [-0.1, -0.05) is 42.1 Å². The van der Waals surface area contributed by atoms with Crippen LogP contribution in [0.4, 0.5) is 17.2 Å². The van der Waals surface area contributed by atoms with Crippen molar-refractivity contribution >= 4 is 57.7 Å². The molecule has 0 radical (unpaired) electrons. The van der Waals surface area contributed by atoms with Gasteiger partial charge in [0.25, 0.3) is 5.91 Å². The molecule has 3 aliphatic rings. The average molecular weight is 557 g/mol. The Hall–Kier alpha value is -4.45. The first-order valence-electron chi connectivity index (χ1n) is 13.1. The number of hydrogen-bond acceptors (Lipinski definition) is 8. The maximum Gasteiger partial charge on any atom is 0.259 e. The van der Waals surface area contributed by atoms with E-state index in [9.17, 15) is 14.4 Å². The molecule has 1 atom stereocenters. The third-order valence-corrected chi connectivity index (χ3v) is 7.91. The minimum atomic E-state index is -0.840. The van der Waals surface area contributed by atoms with Crippen LogP contribution in [0.5, 0.6) is 0 Å². The summed E-state index contributed by atoms with van der Waals surface area (Å²) in [7, 11) is 0. The Morgan fingerprint density at radius 3 is 2.55 bits per heavy atom. The van der Waals surface area contributed by atoms with Crippen molar-refractivity contribution in [3.63, 3.8) is 0 Å². The molecule has 0 spiro atoms. The summed E-state index contributed by atoms with van der Waals surface area (Å²) in [4.78, 5) is 54.2. The van der Waals surface area contributed by atoms with E-state index in [4.69, 9.17) is 4.99 Å². The molecule has 0 bridgehead atoms. The molecule has 2 N–H and O–H groups in total. The van der Waals surface area contributed by atoms with E-state index in [1.165, 1.54) is 4.90 Å². The summed E-state index contributed by atoms with van der Waals surface area (Å²) in [6.45, 7) is 4.48. The van der Waals surface area contributed by atoms with Crippen LogP contribution in [0.15, 0.2) is 70.6 Å². The van der Waals surface area contributed by atoms with Crippen molar-refractivity contribution in [3.8, 4) is 0 Å². The minimum Gasteiger partial charge on any atom is -0.368 e. The van der Waals surface area contributed by atoms with Gasteiger partial charge in [0.1, 0.15) is 11.9 Å². The van der Waals surface area contributed by atoms with E-state index in [2.05, 4.69) is 37.5 Å². The fourth-order valence-corrected chi connectivity index (χ4v) is 5.77. The molecule has 40 heavy (non-hydrogen) atoms. The van der Waals surface area contributed by atoms with E-state index >= 15 is 0 Å². The predicted octanol–water partition coefficient (Wildman–Crippen LogP) is 2.79. The van der Waals surface area contributed by atoms with Crippen LogP contribution in [0, 0.1) is 6.92 Å². The van der Waals surface area contributed by atoms with Crippen molar-refractivity contribution in [2.75, 3.05) is 42.1 Å². The number of anilines is 2. The summed E-state index contributed by atoms with van der Waals surface area (Å²) >= 11 is 1.15. The lowest BCUT2D eigenvalue weighted by molar-refractivity contribution is -0.135. The minimum absolute atomic E-state index is 0.0106. The number of rotatable bonds is 6. The van der Waals surface area contributed by atoms with Gasteiger partial charge in [-0.2, -0.15) is 5.10 Å². The molecule has 204 valence electrons. The zero-order valence-electron chi connectivity index (χ0n) is 21.9. The lowest BCUT2D eigenvalue weighted by Gasteiger charge is -2.36. The van der Waals surface area contributed by atoms with Crippen molar-refractivity contribution in [2.24, 2.45) is 9.98 Å². The van der Waals surface area contributed by atoms with Gasteiger partial charge in [-0.25, -0.2) is 9.89 Å². The number of hydrogen-bond donors (Lipinski definition) is 2. The van der Waals surface area contributed by atoms with Gasteiger partial charge in [0.05, 0.1) is 17.9 Å². The number of H-pyrrole nitrogens is 1. The second-order valence-electron chi connectivity index (χ2n) is 9.73. The zero-order valence-corrected chi connectivity index (χ0v) is 22.7. The van der Waals surface area contributed by atoms with Crippen LogP contribution in [0.25, 0.3) is 0 Å². The number of nitrogens with one attached hydrogen (secondary N) is 2. The van der Waals surface area contributed by atoms with E-state index in [0.29, 0.717) is 35.6 Å². The molecule has 11 nitrogen and oxygen atoms in total. The number of aromatic amines is 1. The van der Waals surface area contributed by atoms with Crippen molar-refractivity contribution in [2.45, 2.75) is 19.4 Å². The highest BCUT2D eigenvalue weighted by Crippen LogP contribution is 2.34. The van der Waals surface area contributed by atoms with E-state index < -0.39 is 6.04 Å². The molecule has 2 aromatic carbocycles. The Morgan fingerprint density at radius 1 is 1.05 bits per heavy atom. The van der Waals surface area contributed by atoms with Gasteiger partial charge < -0.3 is 15.1 Å². The van der Waals surface area contributed by atoms with E-state index in [1.54, 1.807) is 6.07 Å². The quantitative estimate of drug-likeness (QED) is 0.481. The number of aliphatic imine (C=N–C) groups is 2. The third-order valence-electron chi connectivity index (χ3n) is 6.98. The molecule has 3 aromatic rings. The number of nitrogens with zero attached hydrogens (tertiary/aromatic N) is 6. The Bertz CT molecular complexity index is 1510. The predicted molar refractivity (Wildman–Crippen MR) is 155 cm³/mol. The number of carbonyl (C=O) groups is 3. The van der Waals surface area contributed by atoms with Gasteiger partial charge in [0, 0.05) is 49.2 Å². The number of amides is 3. The molecule has 3 amide bonds. The number of aryl methyl sites for hydroxylation is 1. The van der Waals surface area contributed by atoms with Crippen LogP contribution < -0.4 is 10.2 Å². The molecule has 6 rings (SSSR count). The fourth-order valence-electron chi connectivity index (χ4n) is 4.97. The van der Waals surface area contributed by atoms with Crippen molar-refractivity contribution in [1.82, 2.24) is 20.0 Å². The summed E-state index contributed by atoms with van der Waals surface area (Å²) < 4.78 is 0. The Morgan fingerprint density at radius 2 is 1.80 bits per heavy atom. The number of aromatic nitrogens is 2. The SMILES string of the molecule is Cc1cc(NC(=O)CSC2=Nc3ccccc3C3=NC(CC(=O)N4CCN(c5ccccc5)CC4)C(=O)N23)n[nH]1. The monoisotopic (exact) mass is 556 g/mol. The Kier molecular flexibility index (Phi) is 7.08. The number of benzene rings is 2. The van der Waals surface area contributed by atoms with E-state index in [0.717, 1.165) is 41.8 Å². The number of amidine groups is 2. The first kappa shape index (κ1) is 25.8. The van der Waals surface area contributed by atoms with Gasteiger partial charge in [0.2, 0.25) is 11.8 Å². The van der Waals surface area contributed by atoms with E-state index in [1.807, 2.05) is 54.3 Å². The molecule has 4 heterocycles. The summed E-state index contributed by atoms with van der Waals surface area (Å²) in [6, 6.07) is 18.5. The molecular formula is C28H28N8O3S.